The van der Waals surface area contributed by atoms with E-state index in [1.807, 2.05) is 25.1 Å². The van der Waals surface area contributed by atoms with E-state index >= 15 is 0 Å². The van der Waals surface area contributed by atoms with Crippen LogP contribution in [0.15, 0.2) is 47.6 Å². The minimum Gasteiger partial charge on any atom is -0.317 e. The van der Waals surface area contributed by atoms with Gasteiger partial charge in [0, 0.05) is 20.5 Å². The zero-order valence-corrected chi connectivity index (χ0v) is 18.5. The van der Waals surface area contributed by atoms with Crippen LogP contribution in [0.2, 0.25) is 0 Å². The zero-order valence-electron chi connectivity index (χ0n) is 16.4. The molecule has 5 nitrogen and oxygen atoms in total. The summed E-state index contributed by atoms with van der Waals surface area (Å²) in [5.74, 6) is -0.342. The van der Waals surface area contributed by atoms with Crippen molar-refractivity contribution in [2.24, 2.45) is 28.8 Å². The maximum atomic E-state index is 12.9. The van der Waals surface area contributed by atoms with E-state index in [-0.39, 0.29) is 35.5 Å². The molecule has 4 aliphatic rings. The summed E-state index contributed by atoms with van der Waals surface area (Å²) in [6.07, 6.45) is 7.91. The number of rotatable bonds is 3. The lowest BCUT2D eigenvalue weighted by Gasteiger charge is -2.37. The fourth-order valence-electron chi connectivity index (χ4n) is 5.21. The predicted molar refractivity (Wildman–Crippen MR) is 120 cm³/mol. The first kappa shape index (κ1) is 18.8. The fourth-order valence-corrected chi connectivity index (χ4v) is 5.84. The van der Waals surface area contributed by atoms with Crippen LogP contribution in [0.3, 0.4) is 0 Å². The van der Waals surface area contributed by atoms with Gasteiger partial charge < -0.3 is 4.57 Å². The van der Waals surface area contributed by atoms with E-state index in [1.165, 1.54) is 0 Å². The number of fused-ring (bicyclic) bond motifs is 1. The Morgan fingerprint density at radius 2 is 1.66 bits per heavy atom. The largest absolute Gasteiger partial charge is 0.317 e. The Hall–Kier alpha value is -2.22. The molecule has 0 radical (unpaired) electrons. The van der Waals surface area contributed by atoms with Gasteiger partial charge in [-0.2, -0.15) is 10.1 Å². The Kier molecular flexibility index (Phi) is 4.49. The molecule has 1 aromatic heterocycles. The lowest BCUT2D eigenvalue weighted by atomic mass is 9.63. The minimum absolute atomic E-state index is 0.137. The highest BCUT2D eigenvalue weighted by molar-refractivity contribution is 14.1. The Balaban J connectivity index is 1.46. The second-order valence-electron chi connectivity index (χ2n) is 8.19. The Morgan fingerprint density at radius 1 is 1.03 bits per heavy atom. The van der Waals surface area contributed by atoms with E-state index in [4.69, 9.17) is 0 Å². The molecule has 29 heavy (non-hydrogen) atoms. The Labute approximate surface area is 183 Å². The van der Waals surface area contributed by atoms with Gasteiger partial charge in [0.2, 0.25) is 0 Å². The zero-order chi connectivity index (χ0) is 20.3. The average Bonchev–Trinajstić information content (AvgIpc) is 3.16. The van der Waals surface area contributed by atoms with Gasteiger partial charge in [0.05, 0.1) is 23.7 Å². The van der Waals surface area contributed by atoms with Crippen molar-refractivity contribution in [1.29, 1.82) is 0 Å². The SMILES string of the molecule is Cc1cc(/C=N\N2C(=O)[C@H]3[C@H](C2=O)[C@H]2C=C[C@H]3CC2)c(C)n1-c1ccccc1I. The second kappa shape index (κ2) is 6.93. The fraction of sp³-hybridized carbons (Fsp3) is 0.348. The molecular formula is C23H22IN3O2. The first-order valence-electron chi connectivity index (χ1n) is 10.0. The summed E-state index contributed by atoms with van der Waals surface area (Å²) >= 11 is 2.33. The Bertz CT molecular complexity index is 1050. The third-order valence-corrected chi connectivity index (χ3v) is 7.52. The van der Waals surface area contributed by atoms with Crippen LogP contribution in [0.1, 0.15) is 29.8 Å². The van der Waals surface area contributed by atoms with Crippen molar-refractivity contribution < 1.29 is 9.59 Å². The van der Waals surface area contributed by atoms with Crippen LogP contribution < -0.4 is 0 Å². The molecule has 2 heterocycles. The summed E-state index contributed by atoms with van der Waals surface area (Å²) in [6.45, 7) is 4.09. The van der Waals surface area contributed by atoms with Crippen molar-refractivity contribution in [1.82, 2.24) is 9.58 Å². The number of hydrazone groups is 1. The van der Waals surface area contributed by atoms with E-state index in [2.05, 4.69) is 63.5 Å². The third-order valence-electron chi connectivity index (χ3n) is 6.61. The molecule has 4 atom stereocenters. The Morgan fingerprint density at radius 3 is 2.24 bits per heavy atom. The summed E-state index contributed by atoms with van der Waals surface area (Å²) in [5.41, 5.74) is 4.15. The van der Waals surface area contributed by atoms with Crippen molar-refractivity contribution in [3.63, 3.8) is 0 Å². The topological polar surface area (TPSA) is 54.7 Å². The van der Waals surface area contributed by atoms with Gasteiger partial charge in [0.1, 0.15) is 0 Å². The summed E-state index contributed by atoms with van der Waals surface area (Å²) < 4.78 is 3.34. The number of nitrogens with zero attached hydrogens (tertiary/aromatic N) is 3. The normalized spacial score (nSPS) is 28.0. The maximum absolute atomic E-state index is 12.9. The number of imide groups is 1. The van der Waals surface area contributed by atoms with Gasteiger partial charge in [-0.3, -0.25) is 9.59 Å². The predicted octanol–water partition coefficient (Wildman–Crippen LogP) is 4.23. The van der Waals surface area contributed by atoms with Gasteiger partial charge in [-0.1, -0.05) is 24.3 Å². The van der Waals surface area contributed by atoms with Crippen LogP contribution in [0.25, 0.3) is 5.69 Å². The number of hydrogen-bond acceptors (Lipinski definition) is 3. The van der Waals surface area contributed by atoms with E-state index in [9.17, 15) is 9.59 Å². The summed E-state index contributed by atoms with van der Waals surface area (Å²) in [5, 5.41) is 5.50. The number of carbonyl (C=O) groups is 2. The number of allylic oxidation sites excluding steroid dienone is 2. The first-order valence-corrected chi connectivity index (χ1v) is 11.1. The van der Waals surface area contributed by atoms with E-state index in [1.54, 1.807) is 6.21 Å². The molecule has 6 rings (SSSR count). The number of benzene rings is 1. The number of hydrogen-bond donors (Lipinski definition) is 0. The van der Waals surface area contributed by atoms with Crippen molar-refractivity contribution in [3.8, 4) is 5.69 Å². The lowest BCUT2D eigenvalue weighted by molar-refractivity contribution is -0.140. The van der Waals surface area contributed by atoms with E-state index < -0.39 is 0 Å². The molecule has 1 saturated carbocycles. The van der Waals surface area contributed by atoms with Crippen LogP contribution in [-0.2, 0) is 9.59 Å². The molecule has 1 aromatic carbocycles. The van der Waals surface area contributed by atoms with Gasteiger partial charge in [0.25, 0.3) is 11.8 Å². The molecule has 3 aliphatic carbocycles. The van der Waals surface area contributed by atoms with Gasteiger partial charge in [-0.15, -0.1) is 0 Å². The van der Waals surface area contributed by atoms with Crippen molar-refractivity contribution >= 4 is 40.6 Å². The average molecular weight is 499 g/mol. The highest BCUT2D eigenvalue weighted by Gasteiger charge is 2.56. The van der Waals surface area contributed by atoms with Crippen molar-refractivity contribution in [3.05, 3.63) is 63.0 Å². The summed E-state index contributed by atoms with van der Waals surface area (Å²) in [7, 11) is 0. The van der Waals surface area contributed by atoms with Gasteiger partial charge >= 0.3 is 0 Å². The number of para-hydroxylation sites is 1. The lowest BCUT2D eigenvalue weighted by Crippen LogP contribution is -2.38. The van der Waals surface area contributed by atoms with Crippen LogP contribution in [0.4, 0.5) is 0 Å². The monoisotopic (exact) mass is 499 g/mol. The molecule has 2 fully saturated rings. The molecule has 2 bridgehead atoms. The molecule has 2 amide bonds. The second-order valence-corrected chi connectivity index (χ2v) is 9.35. The molecule has 0 spiro atoms. The minimum atomic E-state index is -0.221. The molecule has 2 aromatic rings. The van der Waals surface area contributed by atoms with Crippen LogP contribution >= 0.6 is 22.6 Å². The maximum Gasteiger partial charge on any atom is 0.254 e. The number of aromatic nitrogens is 1. The summed E-state index contributed by atoms with van der Waals surface area (Å²) in [6, 6.07) is 10.3. The van der Waals surface area contributed by atoms with E-state index in [0.717, 1.165) is 44.1 Å². The number of carbonyl (C=O) groups excluding carboxylic acids is 2. The van der Waals surface area contributed by atoms with Gasteiger partial charge in [0.15, 0.2) is 0 Å². The molecule has 0 unspecified atom stereocenters. The number of aryl methyl sites for hydroxylation is 1. The molecule has 6 heteroatoms. The molecule has 1 aliphatic heterocycles. The third kappa shape index (κ3) is 2.83. The van der Waals surface area contributed by atoms with Gasteiger partial charge in [-0.05, 0) is 79.3 Å². The highest BCUT2D eigenvalue weighted by Crippen LogP contribution is 2.49. The van der Waals surface area contributed by atoms with Crippen molar-refractivity contribution in [2.75, 3.05) is 0 Å². The van der Waals surface area contributed by atoms with E-state index in [0.29, 0.717) is 0 Å². The number of amides is 2. The quantitative estimate of drug-likeness (QED) is 0.275. The first-order chi connectivity index (χ1) is 14.0. The van der Waals surface area contributed by atoms with Crippen LogP contribution in [0.5, 0.6) is 0 Å². The van der Waals surface area contributed by atoms with Gasteiger partial charge in [-0.25, -0.2) is 0 Å². The highest BCUT2D eigenvalue weighted by atomic mass is 127. The molecular weight excluding hydrogens is 477 g/mol. The number of halogens is 1. The molecule has 0 N–H and O–H groups in total. The van der Waals surface area contributed by atoms with Crippen LogP contribution in [-0.4, -0.2) is 27.6 Å². The molecule has 148 valence electrons. The smallest absolute Gasteiger partial charge is 0.254 e. The molecule has 1 saturated heterocycles. The summed E-state index contributed by atoms with van der Waals surface area (Å²) in [4.78, 5) is 25.9. The van der Waals surface area contributed by atoms with Crippen molar-refractivity contribution in [2.45, 2.75) is 26.7 Å². The van der Waals surface area contributed by atoms with Crippen LogP contribution in [0, 0.1) is 41.1 Å². The standard InChI is InChI=1S/C23H22IN3O2/c1-13-11-17(14(2)26(13)19-6-4-3-5-18(19)24)12-25-27-22(28)20-15-7-8-16(10-9-15)21(20)23(27)29/h3-8,11-12,15-16,20-21H,9-10H2,1-2H3/b25-12-/t15-,16-,20+,21+/m0/s1.